The van der Waals surface area contributed by atoms with Crippen LogP contribution < -0.4 is 16.4 Å². The summed E-state index contributed by atoms with van der Waals surface area (Å²) in [5.74, 6) is -0.0152. The lowest BCUT2D eigenvalue weighted by molar-refractivity contribution is 0.256. The number of nitrogens with two attached hydrogens (primary N) is 1. The summed E-state index contributed by atoms with van der Waals surface area (Å²) in [5, 5.41) is 7.55. The zero-order chi connectivity index (χ0) is 17.6. The first-order valence-electron chi connectivity index (χ1n) is 7.60. The van der Waals surface area contributed by atoms with Gasteiger partial charge in [0.1, 0.15) is 0 Å². The third-order valence-electron chi connectivity index (χ3n) is 3.33. The Labute approximate surface area is 149 Å². The van der Waals surface area contributed by atoms with Crippen molar-refractivity contribution in [2.24, 2.45) is 10.7 Å². The summed E-state index contributed by atoms with van der Waals surface area (Å²) in [6, 6.07) is 16.8. The molecule has 3 rings (SSSR count). The second-order valence-corrected chi connectivity index (χ2v) is 6.16. The zero-order valence-corrected chi connectivity index (χ0v) is 14.4. The number of carbonyl (C=O) groups is 1. The maximum absolute atomic E-state index is 11.9. The minimum absolute atomic E-state index is 0.0152. The number of nitrogens with zero attached hydrogens (tertiary/aromatic N) is 2. The molecule has 6 nitrogen and oxygen atoms in total. The molecule has 4 N–H and O–H groups in total. The summed E-state index contributed by atoms with van der Waals surface area (Å²) in [6.07, 6.45) is 0. The lowest BCUT2D eigenvalue weighted by Gasteiger charge is -2.06. The highest BCUT2D eigenvalue weighted by Gasteiger charge is 2.06. The number of hydrogen-bond donors (Lipinski definition) is 3. The number of nitrogens with one attached hydrogen (secondary N) is 2. The molecule has 0 aliphatic rings. The van der Waals surface area contributed by atoms with E-state index in [1.165, 1.54) is 11.3 Å². The minimum Gasteiger partial charge on any atom is -0.369 e. The maximum Gasteiger partial charge on any atom is 0.325 e. The fourth-order valence-electron chi connectivity index (χ4n) is 2.10. The molecule has 1 heterocycles. The van der Waals surface area contributed by atoms with Crippen LogP contribution in [0.5, 0.6) is 0 Å². The van der Waals surface area contributed by atoms with Gasteiger partial charge in [-0.1, -0.05) is 48.0 Å². The molecule has 0 atom stereocenters. The molecule has 25 heavy (non-hydrogen) atoms. The van der Waals surface area contributed by atoms with Crippen LogP contribution in [0.25, 0.3) is 11.3 Å². The first-order valence-corrected chi connectivity index (χ1v) is 8.48. The number of rotatable bonds is 3. The number of aliphatic imine (C=N–C) groups is 1. The lowest BCUT2D eigenvalue weighted by Crippen LogP contribution is -2.39. The lowest BCUT2D eigenvalue weighted by atomic mass is 10.2. The van der Waals surface area contributed by atoms with Crippen molar-refractivity contribution in [2.75, 3.05) is 5.32 Å². The molecule has 2 aromatic carbocycles. The van der Waals surface area contributed by atoms with E-state index >= 15 is 0 Å². The molecule has 0 saturated heterocycles. The monoisotopic (exact) mass is 351 g/mol. The Balaban J connectivity index is 1.62. The van der Waals surface area contributed by atoms with Crippen LogP contribution in [0.2, 0.25) is 0 Å². The van der Waals surface area contributed by atoms with Gasteiger partial charge in [-0.3, -0.25) is 5.32 Å². The average Bonchev–Trinajstić information content (AvgIpc) is 3.06. The number of amides is 2. The molecular formula is C18H17N5OS. The number of urea groups is 1. The van der Waals surface area contributed by atoms with Crippen molar-refractivity contribution in [3.05, 3.63) is 65.5 Å². The van der Waals surface area contributed by atoms with E-state index in [2.05, 4.69) is 20.6 Å². The second kappa shape index (κ2) is 7.59. The van der Waals surface area contributed by atoms with Gasteiger partial charge in [0.05, 0.1) is 5.69 Å². The van der Waals surface area contributed by atoms with Crippen LogP contribution in [0, 0.1) is 6.92 Å². The Morgan fingerprint density at radius 2 is 1.84 bits per heavy atom. The molecule has 7 heteroatoms. The smallest absolute Gasteiger partial charge is 0.325 e. The van der Waals surface area contributed by atoms with Gasteiger partial charge in [-0.05, 0) is 19.1 Å². The van der Waals surface area contributed by atoms with Gasteiger partial charge in [0.25, 0.3) is 0 Å². The second-order valence-electron chi connectivity index (χ2n) is 5.32. The number of guanidine groups is 1. The Hall–Kier alpha value is -3.19. The first kappa shape index (κ1) is 16.7. The van der Waals surface area contributed by atoms with Gasteiger partial charge in [-0.25, -0.2) is 9.78 Å². The molecule has 0 unspecified atom stereocenters. The van der Waals surface area contributed by atoms with Crippen molar-refractivity contribution < 1.29 is 4.79 Å². The third kappa shape index (κ3) is 4.65. The molecule has 0 saturated carbocycles. The fraction of sp³-hybridized carbons (Fsp3) is 0.0556. The summed E-state index contributed by atoms with van der Waals surface area (Å²) in [4.78, 5) is 20.5. The predicted octanol–water partition coefficient (Wildman–Crippen LogP) is 3.89. The first-order chi connectivity index (χ1) is 12.1. The quantitative estimate of drug-likeness (QED) is 0.494. The predicted molar refractivity (Wildman–Crippen MR) is 102 cm³/mol. The fourth-order valence-corrected chi connectivity index (χ4v) is 2.81. The van der Waals surface area contributed by atoms with Crippen molar-refractivity contribution in [1.29, 1.82) is 0 Å². The van der Waals surface area contributed by atoms with E-state index in [0.717, 1.165) is 16.8 Å². The Morgan fingerprint density at radius 3 is 2.56 bits per heavy atom. The van der Waals surface area contributed by atoms with E-state index in [-0.39, 0.29) is 5.96 Å². The van der Waals surface area contributed by atoms with Crippen LogP contribution in [-0.2, 0) is 0 Å². The van der Waals surface area contributed by atoms with Crippen LogP contribution >= 0.6 is 11.3 Å². The summed E-state index contributed by atoms with van der Waals surface area (Å²) >= 11 is 1.36. The van der Waals surface area contributed by atoms with Gasteiger partial charge in [0, 0.05) is 16.6 Å². The molecule has 3 aromatic rings. The number of benzene rings is 2. The van der Waals surface area contributed by atoms with E-state index in [4.69, 9.17) is 5.73 Å². The van der Waals surface area contributed by atoms with E-state index < -0.39 is 6.03 Å². The highest BCUT2D eigenvalue weighted by Crippen LogP contribution is 2.26. The molecule has 0 spiro atoms. The largest absolute Gasteiger partial charge is 0.369 e. The molecule has 0 fully saturated rings. The highest BCUT2D eigenvalue weighted by atomic mass is 32.1. The Kier molecular flexibility index (Phi) is 5.06. The molecule has 2 amide bonds. The van der Waals surface area contributed by atoms with Gasteiger partial charge in [0.15, 0.2) is 0 Å². The van der Waals surface area contributed by atoms with Crippen LogP contribution in [0.15, 0.2) is 65.0 Å². The van der Waals surface area contributed by atoms with E-state index in [9.17, 15) is 4.79 Å². The number of hydrogen-bond acceptors (Lipinski definition) is 4. The average molecular weight is 351 g/mol. The molecule has 0 radical (unpaired) electrons. The van der Waals surface area contributed by atoms with Crippen LogP contribution in [0.1, 0.15) is 5.56 Å². The number of aromatic nitrogens is 1. The van der Waals surface area contributed by atoms with Crippen molar-refractivity contribution in [2.45, 2.75) is 6.92 Å². The van der Waals surface area contributed by atoms with Crippen molar-refractivity contribution in [3.8, 4) is 11.3 Å². The molecular weight excluding hydrogens is 334 g/mol. The molecule has 0 aliphatic heterocycles. The molecule has 1 aromatic heterocycles. The maximum atomic E-state index is 11.9. The van der Waals surface area contributed by atoms with E-state index in [1.807, 2.05) is 66.9 Å². The summed E-state index contributed by atoms with van der Waals surface area (Å²) in [7, 11) is 0. The van der Waals surface area contributed by atoms with Gasteiger partial charge >= 0.3 is 6.03 Å². The zero-order valence-electron chi connectivity index (χ0n) is 13.6. The van der Waals surface area contributed by atoms with Gasteiger partial charge < -0.3 is 11.1 Å². The van der Waals surface area contributed by atoms with Crippen molar-refractivity contribution in [1.82, 2.24) is 10.3 Å². The Bertz CT molecular complexity index is 887. The summed E-state index contributed by atoms with van der Waals surface area (Å²) < 4.78 is 0. The summed E-state index contributed by atoms with van der Waals surface area (Å²) in [5.41, 5.74) is 9.39. The van der Waals surface area contributed by atoms with Crippen LogP contribution in [0.3, 0.4) is 0 Å². The summed E-state index contributed by atoms with van der Waals surface area (Å²) in [6.45, 7) is 1.98. The van der Waals surface area contributed by atoms with E-state index in [1.54, 1.807) is 0 Å². The minimum atomic E-state index is -0.454. The number of carbonyl (C=O) groups excluding carboxylic acids is 1. The van der Waals surface area contributed by atoms with E-state index in [0.29, 0.717) is 10.8 Å². The van der Waals surface area contributed by atoms with Crippen LogP contribution in [-0.4, -0.2) is 17.0 Å². The molecule has 0 bridgehead atoms. The SMILES string of the molecule is Cc1ccc(NC(=O)N/C(N)=N/c2nc(-c3ccccc3)cs2)cc1. The normalized spacial score (nSPS) is 11.2. The van der Waals surface area contributed by atoms with Gasteiger partial charge in [-0.15, -0.1) is 11.3 Å². The van der Waals surface area contributed by atoms with Crippen molar-refractivity contribution >= 4 is 34.1 Å². The molecule has 126 valence electrons. The molecule has 0 aliphatic carbocycles. The highest BCUT2D eigenvalue weighted by molar-refractivity contribution is 7.13. The number of aryl methyl sites for hydroxylation is 1. The standard InChI is InChI=1S/C18H17N5OS/c1-12-7-9-14(10-8-12)20-17(24)22-16(19)23-18-21-15(11-25-18)13-5-3-2-4-6-13/h2-11H,1H3,(H4,19,20,21,22,23,24). The topological polar surface area (TPSA) is 92.4 Å². The number of thiazole rings is 1. The van der Waals surface area contributed by atoms with Gasteiger partial charge in [-0.2, -0.15) is 4.99 Å². The number of anilines is 1. The van der Waals surface area contributed by atoms with Crippen molar-refractivity contribution in [3.63, 3.8) is 0 Å². The Morgan fingerprint density at radius 1 is 1.12 bits per heavy atom. The third-order valence-corrected chi connectivity index (χ3v) is 4.06. The van der Waals surface area contributed by atoms with Crippen LogP contribution in [0.4, 0.5) is 15.6 Å². The van der Waals surface area contributed by atoms with Gasteiger partial charge in [0.2, 0.25) is 11.1 Å².